The van der Waals surface area contributed by atoms with Gasteiger partial charge in [0, 0.05) is 5.69 Å². The smallest absolute Gasteiger partial charge is 0.229 e. The van der Waals surface area contributed by atoms with E-state index in [1.54, 1.807) is 24.4 Å². The van der Waals surface area contributed by atoms with Gasteiger partial charge in [0.05, 0.1) is 16.8 Å². The summed E-state index contributed by atoms with van der Waals surface area (Å²) >= 11 is 5.94. The number of anilines is 1. The second-order valence-corrected chi connectivity index (χ2v) is 2.95. The van der Waals surface area contributed by atoms with Gasteiger partial charge in [-0.05, 0) is 12.1 Å². The molecule has 0 atom stereocenters. The van der Waals surface area contributed by atoms with Crippen LogP contribution in [0.4, 0.5) is 5.69 Å². The van der Waals surface area contributed by atoms with Gasteiger partial charge in [0.15, 0.2) is 0 Å². The average Bonchev–Trinajstić information content (AvgIpc) is 2.57. The summed E-state index contributed by atoms with van der Waals surface area (Å²) in [5.74, 6) is 0.447. The Labute approximate surface area is 80.1 Å². The second-order valence-electron chi connectivity index (χ2n) is 2.54. The number of aromatic nitrogens is 1. The maximum absolute atomic E-state index is 5.94. The van der Waals surface area contributed by atoms with E-state index in [-0.39, 0.29) is 0 Å². The Morgan fingerprint density at radius 3 is 2.85 bits per heavy atom. The van der Waals surface area contributed by atoms with Crippen LogP contribution in [0.25, 0.3) is 11.5 Å². The number of hydrogen-bond donors (Lipinski definition) is 1. The van der Waals surface area contributed by atoms with Gasteiger partial charge >= 0.3 is 0 Å². The normalized spacial score (nSPS) is 10.2. The van der Waals surface area contributed by atoms with E-state index in [1.165, 1.54) is 6.26 Å². The minimum absolute atomic E-state index is 0.447. The van der Waals surface area contributed by atoms with Crippen molar-refractivity contribution in [1.82, 2.24) is 4.98 Å². The van der Waals surface area contributed by atoms with Crippen LogP contribution in [-0.2, 0) is 0 Å². The molecule has 2 rings (SSSR count). The Balaban J connectivity index is 2.64. The molecule has 0 bridgehead atoms. The van der Waals surface area contributed by atoms with Crippen molar-refractivity contribution in [2.45, 2.75) is 0 Å². The molecule has 1 aromatic carbocycles. The average molecular weight is 195 g/mol. The third kappa shape index (κ3) is 1.38. The molecule has 2 aromatic rings. The topological polar surface area (TPSA) is 52.0 Å². The van der Waals surface area contributed by atoms with Gasteiger partial charge in [-0.2, -0.15) is 0 Å². The maximum Gasteiger partial charge on any atom is 0.229 e. The fraction of sp³-hybridized carbons (Fsp3) is 0. The molecule has 0 radical (unpaired) electrons. The summed E-state index contributed by atoms with van der Waals surface area (Å²) in [6, 6.07) is 5.28. The number of hydrogen-bond acceptors (Lipinski definition) is 3. The molecule has 66 valence electrons. The van der Waals surface area contributed by atoms with Gasteiger partial charge in [-0.15, -0.1) is 0 Å². The highest BCUT2D eigenvalue weighted by atomic mass is 35.5. The Morgan fingerprint density at radius 2 is 2.23 bits per heavy atom. The Kier molecular flexibility index (Phi) is 1.94. The van der Waals surface area contributed by atoms with E-state index in [0.717, 1.165) is 0 Å². The molecule has 4 heteroatoms. The highest BCUT2D eigenvalue weighted by molar-refractivity contribution is 6.33. The van der Waals surface area contributed by atoms with Crippen LogP contribution in [0.15, 0.2) is 35.1 Å². The van der Waals surface area contributed by atoms with Crippen LogP contribution in [0.5, 0.6) is 0 Å². The molecule has 1 aromatic heterocycles. The van der Waals surface area contributed by atoms with Gasteiger partial charge in [-0.3, -0.25) is 0 Å². The number of oxazole rings is 1. The summed E-state index contributed by atoms with van der Waals surface area (Å²) in [4.78, 5) is 3.98. The van der Waals surface area contributed by atoms with Gasteiger partial charge in [0.2, 0.25) is 5.89 Å². The summed E-state index contributed by atoms with van der Waals surface area (Å²) in [6.07, 6.45) is 3.04. The van der Waals surface area contributed by atoms with Crippen molar-refractivity contribution in [3.63, 3.8) is 0 Å². The lowest BCUT2D eigenvalue weighted by molar-refractivity contribution is 0.575. The molecule has 3 nitrogen and oxygen atoms in total. The van der Waals surface area contributed by atoms with Gasteiger partial charge in [-0.25, -0.2) is 4.98 Å². The van der Waals surface area contributed by atoms with Crippen LogP contribution in [0.3, 0.4) is 0 Å². The van der Waals surface area contributed by atoms with E-state index in [2.05, 4.69) is 4.98 Å². The first-order valence-electron chi connectivity index (χ1n) is 3.73. The summed E-state index contributed by atoms with van der Waals surface area (Å²) in [5, 5.41) is 0.544. The molecule has 0 amide bonds. The molecule has 1 heterocycles. The van der Waals surface area contributed by atoms with Crippen molar-refractivity contribution in [3.05, 3.63) is 35.7 Å². The number of nitrogens with zero attached hydrogens (tertiary/aromatic N) is 1. The van der Waals surface area contributed by atoms with Crippen LogP contribution in [0, 0.1) is 0 Å². The number of rotatable bonds is 1. The van der Waals surface area contributed by atoms with Crippen molar-refractivity contribution >= 4 is 17.3 Å². The minimum atomic E-state index is 0.447. The van der Waals surface area contributed by atoms with E-state index in [4.69, 9.17) is 21.8 Å². The zero-order valence-corrected chi connectivity index (χ0v) is 7.45. The standard InChI is InChI=1S/C9H7ClN2O/c10-6-2-1-3-7(11)8(6)9-12-4-5-13-9/h1-5H,11H2. The molecule has 0 saturated heterocycles. The van der Waals surface area contributed by atoms with Crippen LogP contribution in [-0.4, -0.2) is 4.98 Å². The lowest BCUT2D eigenvalue weighted by Crippen LogP contribution is -1.90. The van der Waals surface area contributed by atoms with Gasteiger partial charge < -0.3 is 10.2 Å². The van der Waals surface area contributed by atoms with Gasteiger partial charge in [-0.1, -0.05) is 17.7 Å². The number of halogens is 1. The number of nitrogens with two attached hydrogens (primary N) is 1. The van der Waals surface area contributed by atoms with E-state index in [1.807, 2.05) is 0 Å². The Hall–Kier alpha value is -1.48. The first-order valence-corrected chi connectivity index (χ1v) is 4.10. The van der Waals surface area contributed by atoms with E-state index < -0.39 is 0 Å². The molecule has 13 heavy (non-hydrogen) atoms. The molecule has 0 aliphatic rings. The van der Waals surface area contributed by atoms with Crippen molar-refractivity contribution in [2.24, 2.45) is 0 Å². The van der Waals surface area contributed by atoms with E-state index in [9.17, 15) is 0 Å². The largest absolute Gasteiger partial charge is 0.444 e. The van der Waals surface area contributed by atoms with Crippen molar-refractivity contribution in [2.75, 3.05) is 5.73 Å². The highest BCUT2D eigenvalue weighted by Gasteiger charge is 2.10. The van der Waals surface area contributed by atoms with Crippen molar-refractivity contribution < 1.29 is 4.42 Å². The molecule has 0 aliphatic carbocycles. The molecule has 0 aliphatic heterocycles. The second kappa shape index (κ2) is 3.11. The first-order chi connectivity index (χ1) is 6.29. The number of nitrogen functional groups attached to an aromatic ring is 1. The molecule has 0 spiro atoms. The summed E-state index contributed by atoms with van der Waals surface area (Å²) < 4.78 is 5.11. The monoisotopic (exact) mass is 194 g/mol. The fourth-order valence-corrected chi connectivity index (χ4v) is 1.38. The SMILES string of the molecule is Nc1cccc(Cl)c1-c1ncco1. The molecular formula is C9H7ClN2O. The number of benzene rings is 1. The summed E-state index contributed by atoms with van der Waals surface area (Å²) in [5.41, 5.74) is 6.94. The first kappa shape index (κ1) is 8.13. The van der Waals surface area contributed by atoms with E-state index >= 15 is 0 Å². The van der Waals surface area contributed by atoms with Gasteiger partial charge in [0.25, 0.3) is 0 Å². The van der Waals surface area contributed by atoms with Crippen molar-refractivity contribution in [3.8, 4) is 11.5 Å². The predicted octanol–water partition coefficient (Wildman–Crippen LogP) is 2.58. The zero-order valence-electron chi connectivity index (χ0n) is 6.70. The summed E-state index contributed by atoms with van der Waals surface area (Å²) in [6.45, 7) is 0. The lowest BCUT2D eigenvalue weighted by Gasteiger charge is -2.02. The van der Waals surface area contributed by atoms with Crippen LogP contribution < -0.4 is 5.73 Å². The van der Waals surface area contributed by atoms with E-state index in [0.29, 0.717) is 22.2 Å². The maximum atomic E-state index is 5.94. The molecular weight excluding hydrogens is 188 g/mol. The quantitative estimate of drug-likeness (QED) is 0.710. The van der Waals surface area contributed by atoms with Crippen LogP contribution >= 0.6 is 11.6 Å². The summed E-state index contributed by atoms with van der Waals surface area (Å²) in [7, 11) is 0. The third-order valence-corrected chi connectivity index (χ3v) is 2.01. The molecule has 0 fully saturated rings. The Morgan fingerprint density at radius 1 is 1.38 bits per heavy atom. The lowest BCUT2D eigenvalue weighted by atomic mass is 10.2. The zero-order chi connectivity index (χ0) is 9.26. The minimum Gasteiger partial charge on any atom is -0.444 e. The molecule has 0 saturated carbocycles. The van der Waals surface area contributed by atoms with Crippen LogP contribution in [0.2, 0.25) is 5.02 Å². The fourth-order valence-electron chi connectivity index (χ4n) is 1.11. The van der Waals surface area contributed by atoms with Crippen LogP contribution in [0.1, 0.15) is 0 Å². The molecule has 0 unspecified atom stereocenters. The van der Waals surface area contributed by atoms with Gasteiger partial charge in [0.1, 0.15) is 6.26 Å². The third-order valence-electron chi connectivity index (χ3n) is 1.69. The highest BCUT2D eigenvalue weighted by Crippen LogP contribution is 2.31. The van der Waals surface area contributed by atoms with Crippen molar-refractivity contribution in [1.29, 1.82) is 0 Å². The Bertz CT molecular complexity index is 391. The molecule has 2 N–H and O–H groups in total. The predicted molar refractivity (Wildman–Crippen MR) is 51.4 cm³/mol.